The number of halogens is 2. The third kappa shape index (κ3) is 2.29. The topological polar surface area (TPSA) is 49.9 Å². The lowest BCUT2D eigenvalue weighted by molar-refractivity contribution is -0.124. The van der Waals surface area contributed by atoms with Gasteiger partial charge in [-0.1, -0.05) is 23.2 Å². The van der Waals surface area contributed by atoms with Crippen molar-refractivity contribution in [3.63, 3.8) is 0 Å². The van der Waals surface area contributed by atoms with Gasteiger partial charge in [-0.15, -0.1) is 0 Å². The fourth-order valence-corrected chi connectivity index (χ4v) is 3.14. The Hall–Kier alpha value is -1.30. The van der Waals surface area contributed by atoms with Crippen molar-refractivity contribution in [1.82, 2.24) is 4.90 Å². The summed E-state index contributed by atoms with van der Waals surface area (Å²) in [5, 5.41) is 0.689. The van der Waals surface area contributed by atoms with Crippen molar-refractivity contribution in [2.24, 2.45) is 5.92 Å². The summed E-state index contributed by atoms with van der Waals surface area (Å²) < 4.78 is 5.38. The number of hydrogen-bond donors (Lipinski definition) is 0. The van der Waals surface area contributed by atoms with E-state index in [1.54, 1.807) is 17.0 Å². The zero-order valence-electron chi connectivity index (χ0n) is 11.4. The fourth-order valence-electron chi connectivity index (χ4n) is 2.85. The van der Waals surface area contributed by atoms with E-state index in [0.29, 0.717) is 35.5 Å². The molecular weight excluding hydrogens is 315 g/mol. The molecule has 0 aliphatic carbocycles. The smallest absolute Gasteiger partial charge is 0.331 e. The first-order chi connectivity index (χ1) is 10.0. The molecule has 2 saturated heterocycles. The number of anilines is 1. The number of amides is 3. The minimum Gasteiger partial charge on any atom is -0.378 e. The lowest BCUT2D eigenvalue weighted by atomic mass is 9.97. The number of carbonyl (C=O) groups is 2. The quantitative estimate of drug-likeness (QED) is 0.838. The van der Waals surface area contributed by atoms with Crippen LogP contribution in [0.15, 0.2) is 18.2 Å². The predicted octanol–water partition coefficient (Wildman–Crippen LogP) is 2.80. The molecule has 0 bridgehead atoms. The summed E-state index contributed by atoms with van der Waals surface area (Å²) >= 11 is 11.9. The highest BCUT2D eigenvalue weighted by Gasteiger charge is 2.49. The van der Waals surface area contributed by atoms with Crippen LogP contribution in [0.2, 0.25) is 10.0 Å². The van der Waals surface area contributed by atoms with Crippen molar-refractivity contribution in [3.8, 4) is 0 Å². The Morgan fingerprint density at radius 1 is 1.24 bits per heavy atom. The van der Waals surface area contributed by atoms with Crippen LogP contribution in [0.1, 0.15) is 6.92 Å². The standard InChI is InChI=1S/C14H14Cl2N2O3/c1-2-17-12-7-21-6-9(12)13(19)18(14(17)20)8-3-4-10(15)11(16)5-8/h3-5,9,12H,2,6-7H2,1H3. The maximum absolute atomic E-state index is 12.6. The molecule has 112 valence electrons. The molecule has 21 heavy (non-hydrogen) atoms. The second-order valence-corrected chi connectivity index (χ2v) is 5.87. The molecule has 0 aromatic heterocycles. The van der Waals surface area contributed by atoms with E-state index in [1.165, 1.54) is 11.0 Å². The van der Waals surface area contributed by atoms with Crippen LogP contribution >= 0.6 is 23.2 Å². The summed E-state index contributed by atoms with van der Waals surface area (Å²) in [5.41, 5.74) is 0.434. The molecule has 2 aliphatic heterocycles. The number of hydrogen-bond acceptors (Lipinski definition) is 3. The van der Waals surface area contributed by atoms with Crippen LogP contribution in [0, 0.1) is 5.92 Å². The summed E-state index contributed by atoms with van der Waals surface area (Å²) in [6.07, 6.45) is 0. The van der Waals surface area contributed by atoms with Crippen LogP contribution in [-0.2, 0) is 9.53 Å². The normalized spacial score (nSPS) is 25.5. The number of likely N-dealkylation sites (N-methyl/N-ethyl adjacent to an activating group) is 1. The van der Waals surface area contributed by atoms with Gasteiger partial charge in [0.2, 0.25) is 5.91 Å². The third-order valence-corrected chi connectivity index (χ3v) is 4.67. The van der Waals surface area contributed by atoms with E-state index < -0.39 is 0 Å². The van der Waals surface area contributed by atoms with E-state index in [4.69, 9.17) is 27.9 Å². The third-order valence-electron chi connectivity index (χ3n) is 3.93. The van der Waals surface area contributed by atoms with Gasteiger partial charge in [0.1, 0.15) is 0 Å². The molecule has 3 amide bonds. The summed E-state index contributed by atoms with van der Waals surface area (Å²) in [6, 6.07) is 4.21. The highest BCUT2D eigenvalue weighted by Crippen LogP contribution is 2.34. The molecule has 0 saturated carbocycles. The second-order valence-electron chi connectivity index (χ2n) is 5.05. The molecule has 2 aliphatic rings. The zero-order valence-corrected chi connectivity index (χ0v) is 12.9. The molecule has 3 rings (SSSR count). The molecular formula is C14H14Cl2N2O3. The molecule has 5 nitrogen and oxygen atoms in total. The van der Waals surface area contributed by atoms with E-state index in [2.05, 4.69) is 0 Å². The Morgan fingerprint density at radius 3 is 2.67 bits per heavy atom. The van der Waals surface area contributed by atoms with Gasteiger partial charge >= 0.3 is 6.03 Å². The first-order valence-electron chi connectivity index (χ1n) is 6.72. The Bertz CT molecular complexity index is 608. The molecule has 0 spiro atoms. The number of nitrogens with zero attached hydrogens (tertiary/aromatic N) is 2. The van der Waals surface area contributed by atoms with Gasteiger partial charge in [-0.2, -0.15) is 0 Å². The summed E-state index contributed by atoms with van der Waals surface area (Å²) in [5.74, 6) is -0.567. The Balaban J connectivity index is 2.01. The molecule has 2 heterocycles. The van der Waals surface area contributed by atoms with Crippen molar-refractivity contribution in [2.75, 3.05) is 24.7 Å². The molecule has 2 unspecified atom stereocenters. The Labute approximate surface area is 132 Å². The van der Waals surface area contributed by atoms with Gasteiger partial charge in [0, 0.05) is 6.54 Å². The van der Waals surface area contributed by atoms with Crippen LogP contribution in [-0.4, -0.2) is 42.6 Å². The van der Waals surface area contributed by atoms with Gasteiger partial charge in [-0.3, -0.25) is 4.79 Å². The maximum atomic E-state index is 12.6. The Kier molecular flexibility index (Phi) is 3.82. The second kappa shape index (κ2) is 5.48. The van der Waals surface area contributed by atoms with E-state index in [-0.39, 0.29) is 23.9 Å². The van der Waals surface area contributed by atoms with Crippen molar-refractivity contribution in [3.05, 3.63) is 28.2 Å². The zero-order chi connectivity index (χ0) is 15.1. The van der Waals surface area contributed by atoms with Crippen molar-refractivity contribution in [1.29, 1.82) is 0 Å². The number of rotatable bonds is 2. The SMILES string of the molecule is CCN1C(=O)N(c2ccc(Cl)c(Cl)c2)C(=O)C2COCC21. The van der Waals surface area contributed by atoms with E-state index in [1.807, 2.05) is 6.92 Å². The van der Waals surface area contributed by atoms with Crippen LogP contribution in [0.5, 0.6) is 0 Å². The van der Waals surface area contributed by atoms with Gasteiger partial charge in [0.25, 0.3) is 0 Å². The van der Waals surface area contributed by atoms with Crippen molar-refractivity contribution < 1.29 is 14.3 Å². The monoisotopic (exact) mass is 328 g/mol. The van der Waals surface area contributed by atoms with Crippen LogP contribution in [0.4, 0.5) is 10.5 Å². The van der Waals surface area contributed by atoms with Crippen molar-refractivity contribution >= 4 is 40.8 Å². The van der Waals surface area contributed by atoms with E-state index >= 15 is 0 Å². The molecule has 1 aromatic carbocycles. The lowest BCUT2D eigenvalue weighted by Gasteiger charge is -2.40. The lowest BCUT2D eigenvalue weighted by Crippen LogP contribution is -2.61. The highest BCUT2D eigenvalue weighted by molar-refractivity contribution is 6.42. The number of ether oxygens (including phenoxy) is 1. The summed E-state index contributed by atoms with van der Waals surface area (Å²) in [6.45, 7) is 3.15. The molecule has 2 fully saturated rings. The fraction of sp³-hybridized carbons (Fsp3) is 0.429. The first-order valence-corrected chi connectivity index (χ1v) is 7.47. The van der Waals surface area contributed by atoms with Crippen LogP contribution < -0.4 is 4.90 Å². The molecule has 2 atom stereocenters. The molecule has 0 radical (unpaired) electrons. The first kappa shape index (κ1) is 14.6. The minimum atomic E-state index is -0.340. The average Bonchev–Trinajstić information content (AvgIpc) is 2.93. The largest absolute Gasteiger partial charge is 0.378 e. The summed E-state index contributed by atoms with van der Waals surface area (Å²) in [4.78, 5) is 28.0. The average molecular weight is 329 g/mol. The molecule has 1 aromatic rings. The predicted molar refractivity (Wildman–Crippen MR) is 79.8 cm³/mol. The van der Waals surface area contributed by atoms with Crippen LogP contribution in [0.25, 0.3) is 0 Å². The maximum Gasteiger partial charge on any atom is 0.331 e. The van der Waals surface area contributed by atoms with Gasteiger partial charge in [-0.25, -0.2) is 9.69 Å². The number of benzene rings is 1. The number of carbonyl (C=O) groups excluding carboxylic acids is 2. The minimum absolute atomic E-state index is 0.172. The van der Waals surface area contributed by atoms with E-state index in [9.17, 15) is 9.59 Å². The number of imide groups is 1. The van der Waals surface area contributed by atoms with E-state index in [0.717, 1.165) is 0 Å². The van der Waals surface area contributed by atoms with Crippen LogP contribution in [0.3, 0.4) is 0 Å². The summed E-state index contributed by atoms with van der Waals surface area (Å²) in [7, 11) is 0. The van der Waals surface area contributed by atoms with Gasteiger partial charge in [0.05, 0.1) is 40.9 Å². The van der Waals surface area contributed by atoms with Gasteiger partial charge in [0.15, 0.2) is 0 Å². The number of fused-ring (bicyclic) bond motifs is 1. The molecule has 7 heteroatoms. The highest BCUT2D eigenvalue weighted by atomic mass is 35.5. The Morgan fingerprint density at radius 2 is 2.00 bits per heavy atom. The van der Waals surface area contributed by atoms with Gasteiger partial charge in [-0.05, 0) is 25.1 Å². The number of urea groups is 1. The van der Waals surface area contributed by atoms with Gasteiger partial charge < -0.3 is 9.64 Å². The van der Waals surface area contributed by atoms with Crippen molar-refractivity contribution in [2.45, 2.75) is 13.0 Å². The molecule has 0 N–H and O–H groups in total.